The highest BCUT2D eigenvalue weighted by molar-refractivity contribution is 5.85. The van der Waals surface area contributed by atoms with Gasteiger partial charge in [-0.15, -0.1) is 0 Å². The number of hydrogen-bond acceptors (Lipinski definition) is 5. The van der Waals surface area contributed by atoms with Crippen LogP contribution in [0.25, 0.3) is 11.1 Å². The van der Waals surface area contributed by atoms with Crippen LogP contribution in [0.5, 0.6) is 0 Å². The zero-order valence-corrected chi connectivity index (χ0v) is 21.8. The van der Waals surface area contributed by atoms with Crippen LogP contribution in [0.2, 0.25) is 0 Å². The fraction of sp³-hybridized carbons (Fsp3) is 0.533. The van der Waals surface area contributed by atoms with Gasteiger partial charge in [0, 0.05) is 32.7 Å². The van der Waals surface area contributed by atoms with Gasteiger partial charge >= 0.3 is 5.97 Å². The zero-order valence-electron chi connectivity index (χ0n) is 21.8. The Hall–Kier alpha value is -2.93. The van der Waals surface area contributed by atoms with E-state index >= 15 is 0 Å². The number of aliphatic carboxylic acids is 1. The summed E-state index contributed by atoms with van der Waals surface area (Å²) < 4.78 is 13.5. The van der Waals surface area contributed by atoms with Crippen LogP contribution in [0, 0.1) is 11.2 Å². The Morgan fingerprint density at radius 2 is 1.84 bits per heavy atom. The second-order valence-corrected chi connectivity index (χ2v) is 11.8. The number of carbonyl (C=O) groups is 1. The van der Waals surface area contributed by atoms with Gasteiger partial charge in [-0.2, -0.15) is 0 Å². The molecule has 3 heterocycles. The molecule has 1 N–H and O–H groups in total. The molecule has 6 rings (SSSR count). The van der Waals surface area contributed by atoms with E-state index in [4.69, 9.17) is 4.84 Å². The molecule has 0 aromatic heterocycles. The lowest BCUT2D eigenvalue weighted by Gasteiger charge is -2.46. The Balaban J connectivity index is 1.11. The lowest BCUT2D eigenvalue weighted by Crippen LogP contribution is -2.61. The first kappa shape index (κ1) is 24.4. The number of hydrogen-bond donors (Lipinski definition) is 1. The molecule has 7 heteroatoms. The summed E-state index contributed by atoms with van der Waals surface area (Å²) in [7, 11) is 0. The molecule has 0 amide bonds. The highest BCUT2D eigenvalue weighted by atomic mass is 19.1. The summed E-state index contributed by atoms with van der Waals surface area (Å²) in [5, 5.41) is 13.9. The summed E-state index contributed by atoms with van der Waals surface area (Å²) in [5.74, 6) is 0.677. The molecule has 4 aliphatic rings. The molecule has 2 aromatic carbocycles. The molecule has 0 radical (unpaired) electrons. The van der Waals surface area contributed by atoms with E-state index in [1.165, 1.54) is 35.1 Å². The molecule has 0 unspecified atom stereocenters. The molecule has 0 bridgehead atoms. The molecular formula is C30H36FN3O3. The van der Waals surface area contributed by atoms with E-state index in [0.29, 0.717) is 18.8 Å². The fourth-order valence-electron chi connectivity index (χ4n) is 6.23. The summed E-state index contributed by atoms with van der Waals surface area (Å²) in [4.78, 5) is 22.2. The number of rotatable bonds is 6. The van der Waals surface area contributed by atoms with Crippen LogP contribution in [-0.4, -0.2) is 58.5 Å². The second-order valence-electron chi connectivity index (χ2n) is 11.8. The van der Waals surface area contributed by atoms with E-state index in [-0.39, 0.29) is 11.4 Å². The van der Waals surface area contributed by atoms with Gasteiger partial charge < -0.3 is 14.8 Å². The number of amidine groups is 1. The Morgan fingerprint density at radius 1 is 1.14 bits per heavy atom. The van der Waals surface area contributed by atoms with Crippen molar-refractivity contribution in [3.8, 4) is 11.1 Å². The average Bonchev–Trinajstić information content (AvgIpc) is 3.63. The van der Waals surface area contributed by atoms with Crippen LogP contribution in [0.1, 0.15) is 68.6 Å². The van der Waals surface area contributed by atoms with Crippen LogP contribution in [0.4, 0.5) is 4.39 Å². The number of oxime groups is 1. The van der Waals surface area contributed by atoms with E-state index in [9.17, 15) is 14.3 Å². The molecule has 1 spiro atoms. The number of benzene rings is 2. The average molecular weight is 506 g/mol. The summed E-state index contributed by atoms with van der Waals surface area (Å²) in [6, 6.07) is 11.6. The van der Waals surface area contributed by atoms with Gasteiger partial charge in [0.05, 0.1) is 11.8 Å². The van der Waals surface area contributed by atoms with Gasteiger partial charge in [-0.25, -0.2) is 4.39 Å². The van der Waals surface area contributed by atoms with Gasteiger partial charge in [-0.05, 0) is 84.9 Å². The monoisotopic (exact) mass is 505 g/mol. The van der Waals surface area contributed by atoms with E-state index in [2.05, 4.69) is 34.0 Å². The standard InChI is InChI=1S/C30H36FN3O3/c1-3-20-14-25(22-6-8-24(31)9-7-22)26(21-4-5-21)15-23(20)17-33-18-30(19-33)16-27(32-37-30)34-12-10-29(2,11-13-34)28(35)36/h6-9,14-15,21H,3-5,10-13,16-19H2,1-2H3,(H,35,36). The SMILES string of the molecule is CCc1cc(-c2ccc(F)cc2)c(C2CC2)cc1CN1CC2(CC(N3CCC(C)(C(=O)O)CC3)=NO2)C1. The Kier molecular flexibility index (Phi) is 6.02. The van der Waals surface area contributed by atoms with Crippen molar-refractivity contribution in [2.45, 2.75) is 70.4 Å². The molecule has 6 nitrogen and oxygen atoms in total. The van der Waals surface area contributed by atoms with Gasteiger partial charge in [0.25, 0.3) is 0 Å². The van der Waals surface area contributed by atoms with Crippen LogP contribution in [0.15, 0.2) is 41.6 Å². The zero-order chi connectivity index (χ0) is 25.8. The highest BCUT2D eigenvalue weighted by Gasteiger charge is 2.51. The maximum Gasteiger partial charge on any atom is 0.309 e. The topological polar surface area (TPSA) is 65.4 Å². The van der Waals surface area contributed by atoms with Crippen molar-refractivity contribution in [3.63, 3.8) is 0 Å². The van der Waals surface area contributed by atoms with Crippen molar-refractivity contribution in [2.24, 2.45) is 10.6 Å². The van der Waals surface area contributed by atoms with Crippen LogP contribution >= 0.6 is 0 Å². The first-order valence-electron chi connectivity index (χ1n) is 13.6. The molecule has 1 aliphatic carbocycles. The lowest BCUT2D eigenvalue weighted by molar-refractivity contribution is -0.150. The van der Waals surface area contributed by atoms with Crippen molar-refractivity contribution < 1.29 is 19.1 Å². The molecule has 2 saturated heterocycles. The van der Waals surface area contributed by atoms with Gasteiger partial charge in [0.2, 0.25) is 0 Å². The van der Waals surface area contributed by atoms with Crippen molar-refractivity contribution in [1.82, 2.24) is 9.80 Å². The Labute approximate surface area is 218 Å². The molecule has 1 saturated carbocycles. The summed E-state index contributed by atoms with van der Waals surface area (Å²) in [6.07, 6.45) is 5.48. The number of aryl methyl sites for hydroxylation is 1. The first-order chi connectivity index (χ1) is 17.8. The second kappa shape index (κ2) is 9.12. The van der Waals surface area contributed by atoms with Gasteiger partial charge in [0.1, 0.15) is 11.7 Å². The molecule has 3 aliphatic heterocycles. The number of carboxylic acid groups (broad SMARTS) is 1. The predicted octanol–water partition coefficient (Wildman–Crippen LogP) is 5.41. The summed E-state index contributed by atoms with van der Waals surface area (Å²) in [6.45, 7) is 8.08. The Bertz CT molecular complexity index is 1220. The molecule has 2 aromatic rings. The van der Waals surface area contributed by atoms with Crippen molar-refractivity contribution >= 4 is 11.8 Å². The summed E-state index contributed by atoms with van der Waals surface area (Å²) >= 11 is 0. The van der Waals surface area contributed by atoms with Crippen molar-refractivity contribution in [1.29, 1.82) is 0 Å². The normalized spacial score (nSPS) is 22.5. The molecule has 0 atom stereocenters. The number of nitrogens with zero attached hydrogens (tertiary/aromatic N) is 3. The van der Waals surface area contributed by atoms with Gasteiger partial charge in [-0.3, -0.25) is 9.69 Å². The summed E-state index contributed by atoms with van der Waals surface area (Å²) in [5.41, 5.74) is 5.60. The highest BCUT2D eigenvalue weighted by Crippen LogP contribution is 2.46. The first-order valence-corrected chi connectivity index (χ1v) is 13.6. The lowest BCUT2D eigenvalue weighted by atomic mass is 9.80. The maximum atomic E-state index is 13.5. The number of likely N-dealkylation sites (tertiary alicyclic amines) is 2. The van der Waals surface area contributed by atoms with Gasteiger partial charge in [0.15, 0.2) is 5.60 Å². The maximum absolute atomic E-state index is 13.5. The molecule has 37 heavy (non-hydrogen) atoms. The van der Waals surface area contributed by atoms with Crippen LogP contribution in [0.3, 0.4) is 0 Å². The third kappa shape index (κ3) is 4.63. The smallest absolute Gasteiger partial charge is 0.309 e. The van der Waals surface area contributed by atoms with E-state index in [1.54, 1.807) is 12.1 Å². The predicted molar refractivity (Wildman–Crippen MR) is 141 cm³/mol. The third-order valence-corrected chi connectivity index (χ3v) is 8.92. The Morgan fingerprint density at radius 3 is 2.46 bits per heavy atom. The quantitative estimate of drug-likeness (QED) is 0.569. The minimum Gasteiger partial charge on any atom is -0.481 e. The van der Waals surface area contributed by atoms with E-state index in [0.717, 1.165) is 57.0 Å². The van der Waals surface area contributed by atoms with Gasteiger partial charge in [-0.1, -0.05) is 36.3 Å². The van der Waals surface area contributed by atoms with E-state index < -0.39 is 11.4 Å². The largest absolute Gasteiger partial charge is 0.481 e. The van der Waals surface area contributed by atoms with Crippen LogP contribution < -0.4 is 0 Å². The number of piperidine rings is 1. The third-order valence-electron chi connectivity index (χ3n) is 8.92. The minimum atomic E-state index is -0.704. The minimum absolute atomic E-state index is 0.198. The molecular weight excluding hydrogens is 469 g/mol. The molecule has 196 valence electrons. The fourth-order valence-corrected chi connectivity index (χ4v) is 6.23. The molecule has 3 fully saturated rings. The van der Waals surface area contributed by atoms with Crippen molar-refractivity contribution in [2.75, 3.05) is 26.2 Å². The number of halogens is 1. The van der Waals surface area contributed by atoms with Crippen molar-refractivity contribution in [3.05, 3.63) is 58.9 Å². The van der Waals surface area contributed by atoms with Crippen LogP contribution in [-0.2, 0) is 22.6 Å². The number of carboxylic acids is 1. The van der Waals surface area contributed by atoms with E-state index in [1.807, 2.05) is 19.1 Å².